The van der Waals surface area contributed by atoms with Crippen LogP contribution in [0.3, 0.4) is 0 Å². The third-order valence-corrected chi connectivity index (χ3v) is 1.57. The average molecular weight is 164 g/mol. The molecule has 2 nitrogen and oxygen atoms in total. The van der Waals surface area contributed by atoms with Crippen LogP contribution in [0.5, 0.6) is 0 Å². The number of nitrogens with one attached hydrogen (secondary N) is 1. The summed E-state index contributed by atoms with van der Waals surface area (Å²) in [5.41, 5.74) is 0. The fraction of sp³-hybridized carbons (Fsp3) is 0.857. The van der Waals surface area contributed by atoms with E-state index in [-0.39, 0.29) is 17.9 Å². The molecule has 0 aromatic carbocycles. The van der Waals surface area contributed by atoms with E-state index < -0.39 is 0 Å². The zero-order valence-corrected chi connectivity index (χ0v) is 7.40. The quantitative estimate of drug-likeness (QED) is 0.626. The molecule has 10 heavy (non-hydrogen) atoms. The molecule has 60 valence electrons. The summed E-state index contributed by atoms with van der Waals surface area (Å²) < 4.78 is 0. The zero-order chi connectivity index (χ0) is 8.15. The second-order valence-corrected chi connectivity index (χ2v) is 3.03. The Kier molecular flexibility index (Phi) is 4.45. The van der Waals surface area contributed by atoms with Crippen LogP contribution in [0.15, 0.2) is 0 Å². The SMILES string of the molecule is CC(C)NC(=O)C(C)CCl. The van der Waals surface area contributed by atoms with Gasteiger partial charge in [-0.1, -0.05) is 6.92 Å². The fourth-order valence-electron chi connectivity index (χ4n) is 0.497. The lowest BCUT2D eigenvalue weighted by atomic mass is 10.2. The van der Waals surface area contributed by atoms with Gasteiger partial charge in [0.25, 0.3) is 0 Å². The smallest absolute Gasteiger partial charge is 0.224 e. The molecule has 1 atom stereocenters. The number of carbonyl (C=O) groups excluding carboxylic acids is 1. The molecule has 0 fully saturated rings. The van der Waals surface area contributed by atoms with Gasteiger partial charge in [0.2, 0.25) is 5.91 Å². The Morgan fingerprint density at radius 3 is 2.30 bits per heavy atom. The number of hydrogen-bond acceptors (Lipinski definition) is 1. The Bertz CT molecular complexity index is 114. The first-order valence-electron chi connectivity index (χ1n) is 3.44. The molecule has 0 spiro atoms. The molecule has 3 heteroatoms. The minimum Gasteiger partial charge on any atom is -0.354 e. The Morgan fingerprint density at radius 2 is 2.00 bits per heavy atom. The number of halogens is 1. The first-order chi connectivity index (χ1) is 4.57. The summed E-state index contributed by atoms with van der Waals surface area (Å²) in [4.78, 5) is 11.0. The highest BCUT2D eigenvalue weighted by Crippen LogP contribution is 1.97. The van der Waals surface area contributed by atoms with Gasteiger partial charge in [0, 0.05) is 17.8 Å². The topological polar surface area (TPSA) is 29.1 Å². The highest BCUT2D eigenvalue weighted by Gasteiger charge is 2.10. The molecule has 0 saturated carbocycles. The number of amides is 1. The lowest BCUT2D eigenvalue weighted by Crippen LogP contribution is -2.35. The van der Waals surface area contributed by atoms with Gasteiger partial charge in [-0.2, -0.15) is 0 Å². The maximum absolute atomic E-state index is 11.0. The predicted molar refractivity (Wildman–Crippen MR) is 43.2 cm³/mol. The normalized spacial score (nSPS) is 13.3. The number of carbonyl (C=O) groups is 1. The van der Waals surface area contributed by atoms with Gasteiger partial charge in [0.1, 0.15) is 0 Å². The second kappa shape index (κ2) is 4.56. The van der Waals surface area contributed by atoms with Crippen LogP contribution in [0.25, 0.3) is 0 Å². The summed E-state index contributed by atoms with van der Waals surface area (Å²) in [5.74, 6) is 0.340. The molecule has 1 amide bonds. The highest BCUT2D eigenvalue weighted by atomic mass is 35.5. The van der Waals surface area contributed by atoms with Gasteiger partial charge in [0.15, 0.2) is 0 Å². The van der Waals surface area contributed by atoms with Crippen LogP contribution in [0.2, 0.25) is 0 Å². The van der Waals surface area contributed by atoms with Gasteiger partial charge in [-0.25, -0.2) is 0 Å². The minimum atomic E-state index is -0.0796. The molecule has 1 unspecified atom stereocenters. The molecular weight excluding hydrogens is 150 g/mol. The van der Waals surface area contributed by atoms with Crippen molar-refractivity contribution in [1.29, 1.82) is 0 Å². The molecule has 0 rings (SSSR count). The van der Waals surface area contributed by atoms with Crippen LogP contribution < -0.4 is 5.32 Å². The molecule has 0 saturated heterocycles. The third kappa shape index (κ3) is 3.72. The Labute approximate surface area is 66.9 Å². The Hall–Kier alpha value is -0.240. The minimum absolute atomic E-state index is 0.0324. The van der Waals surface area contributed by atoms with Crippen LogP contribution in [0.1, 0.15) is 20.8 Å². The van der Waals surface area contributed by atoms with Gasteiger partial charge in [0.05, 0.1) is 0 Å². The van der Waals surface area contributed by atoms with Gasteiger partial charge >= 0.3 is 0 Å². The van der Waals surface area contributed by atoms with Crippen molar-refractivity contribution in [2.24, 2.45) is 5.92 Å². The van der Waals surface area contributed by atoms with Crippen molar-refractivity contribution in [3.63, 3.8) is 0 Å². The molecule has 0 radical (unpaired) electrons. The molecule has 1 N–H and O–H groups in total. The van der Waals surface area contributed by atoms with E-state index in [1.54, 1.807) is 0 Å². The highest BCUT2D eigenvalue weighted by molar-refractivity contribution is 6.19. The van der Waals surface area contributed by atoms with E-state index in [1.807, 2.05) is 20.8 Å². The van der Waals surface area contributed by atoms with Crippen molar-refractivity contribution in [3.8, 4) is 0 Å². The molecule has 0 bridgehead atoms. The lowest BCUT2D eigenvalue weighted by Gasteiger charge is -2.11. The van der Waals surface area contributed by atoms with Crippen LogP contribution in [-0.4, -0.2) is 17.8 Å². The molecule has 0 aromatic rings. The largest absolute Gasteiger partial charge is 0.354 e. The Morgan fingerprint density at radius 1 is 1.50 bits per heavy atom. The third-order valence-electron chi connectivity index (χ3n) is 1.11. The maximum atomic E-state index is 11.0. The average Bonchev–Trinajstić information content (AvgIpc) is 1.85. The van der Waals surface area contributed by atoms with Crippen LogP contribution in [0.4, 0.5) is 0 Å². The van der Waals surface area contributed by atoms with Gasteiger partial charge in [-0.05, 0) is 13.8 Å². The van der Waals surface area contributed by atoms with E-state index in [9.17, 15) is 4.79 Å². The molecule has 0 aromatic heterocycles. The van der Waals surface area contributed by atoms with Crippen molar-refractivity contribution < 1.29 is 4.79 Å². The van der Waals surface area contributed by atoms with Crippen molar-refractivity contribution in [2.75, 3.05) is 5.88 Å². The standard InChI is InChI=1S/C7H14ClNO/c1-5(2)9-7(10)6(3)4-8/h5-6H,4H2,1-3H3,(H,9,10). The lowest BCUT2D eigenvalue weighted by molar-refractivity contribution is -0.124. The zero-order valence-electron chi connectivity index (χ0n) is 6.65. The van der Waals surface area contributed by atoms with Crippen molar-refractivity contribution in [1.82, 2.24) is 5.32 Å². The Balaban J connectivity index is 3.62. The molecule has 0 heterocycles. The first kappa shape index (κ1) is 9.76. The van der Waals surface area contributed by atoms with E-state index in [2.05, 4.69) is 5.32 Å². The summed E-state index contributed by atoms with van der Waals surface area (Å²) in [6.07, 6.45) is 0. The monoisotopic (exact) mass is 163 g/mol. The fourth-order valence-corrected chi connectivity index (χ4v) is 0.637. The molecule has 0 aliphatic carbocycles. The van der Waals surface area contributed by atoms with E-state index in [1.165, 1.54) is 0 Å². The summed E-state index contributed by atoms with van der Waals surface area (Å²) in [6, 6.07) is 0.207. The summed E-state index contributed by atoms with van der Waals surface area (Å²) in [7, 11) is 0. The van der Waals surface area contributed by atoms with Gasteiger partial charge in [-0.15, -0.1) is 11.6 Å². The van der Waals surface area contributed by atoms with E-state index >= 15 is 0 Å². The summed E-state index contributed by atoms with van der Waals surface area (Å²) >= 11 is 5.47. The number of rotatable bonds is 3. The summed E-state index contributed by atoms with van der Waals surface area (Å²) in [5, 5.41) is 2.77. The van der Waals surface area contributed by atoms with Crippen LogP contribution >= 0.6 is 11.6 Å². The second-order valence-electron chi connectivity index (χ2n) is 2.72. The van der Waals surface area contributed by atoms with Gasteiger partial charge in [-0.3, -0.25) is 4.79 Å². The van der Waals surface area contributed by atoms with Crippen molar-refractivity contribution in [2.45, 2.75) is 26.8 Å². The van der Waals surface area contributed by atoms with Crippen molar-refractivity contribution >= 4 is 17.5 Å². The molecule has 0 aliphatic heterocycles. The van der Waals surface area contributed by atoms with Crippen LogP contribution in [0, 0.1) is 5.92 Å². The van der Waals surface area contributed by atoms with Crippen LogP contribution in [-0.2, 0) is 4.79 Å². The van der Waals surface area contributed by atoms with E-state index in [0.717, 1.165) is 0 Å². The summed E-state index contributed by atoms with van der Waals surface area (Å²) in [6.45, 7) is 5.67. The number of hydrogen-bond donors (Lipinski definition) is 1. The predicted octanol–water partition coefficient (Wildman–Crippen LogP) is 1.39. The van der Waals surface area contributed by atoms with Gasteiger partial charge < -0.3 is 5.32 Å². The maximum Gasteiger partial charge on any atom is 0.224 e. The van der Waals surface area contributed by atoms with E-state index in [0.29, 0.717) is 5.88 Å². The molecule has 0 aliphatic rings. The molecular formula is C7H14ClNO. The van der Waals surface area contributed by atoms with E-state index in [4.69, 9.17) is 11.6 Å². The number of alkyl halides is 1. The first-order valence-corrected chi connectivity index (χ1v) is 3.97. The van der Waals surface area contributed by atoms with Crippen molar-refractivity contribution in [3.05, 3.63) is 0 Å².